The monoisotopic (exact) mass is 297 g/mol. The second-order valence-electron chi connectivity index (χ2n) is 3.74. The van der Waals surface area contributed by atoms with Crippen LogP contribution in [0.15, 0.2) is 28.0 Å². The highest BCUT2D eigenvalue weighted by Crippen LogP contribution is 2.31. The number of aromatic nitrogens is 2. The summed E-state index contributed by atoms with van der Waals surface area (Å²) in [4.78, 5) is 0. The van der Waals surface area contributed by atoms with Gasteiger partial charge in [-0.2, -0.15) is 0 Å². The Balaban J connectivity index is 2.04. The molecule has 102 valence electrons. The topological polar surface area (TPSA) is 70.3 Å². The molecule has 1 atom stereocenters. The normalized spacial score (nSPS) is 12.2. The Morgan fingerprint density at radius 2 is 2.11 bits per heavy atom. The van der Waals surface area contributed by atoms with Crippen LogP contribution < -0.4 is 15.2 Å². The van der Waals surface area contributed by atoms with Gasteiger partial charge < -0.3 is 15.2 Å². The smallest absolute Gasteiger partial charge is 0.174 e. The van der Waals surface area contributed by atoms with Gasteiger partial charge >= 0.3 is 0 Å². The van der Waals surface area contributed by atoms with Crippen molar-refractivity contribution < 1.29 is 9.47 Å². The SMILES string of the molecule is COc1ccc(C(N)CSc2nncs2)cc1OC. The van der Waals surface area contributed by atoms with Crippen molar-refractivity contribution in [2.24, 2.45) is 5.73 Å². The van der Waals surface area contributed by atoms with Gasteiger partial charge in [-0.15, -0.1) is 10.2 Å². The molecule has 5 nitrogen and oxygen atoms in total. The average Bonchev–Trinajstić information content (AvgIpc) is 2.97. The van der Waals surface area contributed by atoms with E-state index in [9.17, 15) is 0 Å². The molecule has 1 unspecified atom stereocenters. The third-order valence-corrected chi connectivity index (χ3v) is 4.54. The minimum Gasteiger partial charge on any atom is -0.493 e. The summed E-state index contributed by atoms with van der Waals surface area (Å²) in [5.41, 5.74) is 8.89. The van der Waals surface area contributed by atoms with Crippen molar-refractivity contribution in [3.8, 4) is 11.5 Å². The highest BCUT2D eigenvalue weighted by molar-refractivity contribution is 8.01. The molecule has 0 aliphatic carbocycles. The van der Waals surface area contributed by atoms with E-state index in [1.165, 1.54) is 11.3 Å². The molecule has 1 aromatic carbocycles. The van der Waals surface area contributed by atoms with Crippen molar-refractivity contribution in [2.45, 2.75) is 10.4 Å². The van der Waals surface area contributed by atoms with Gasteiger partial charge in [-0.1, -0.05) is 29.2 Å². The van der Waals surface area contributed by atoms with Crippen molar-refractivity contribution in [2.75, 3.05) is 20.0 Å². The van der Waals surface area contributed by atoms with Crippen LogP contribution in [0.5, 0.6) is 11.5 Å². The first kappa shape index (κ1) is 14.1. The fourth-order valence-electron chi connectivity index (χ4n) is 1.57. The van der Waals surface area contributed by atoms with Gasteiger partial charge in [0.05, 0.1) is 14.2 Å². The third kappa shape index (κ3) is 3.59. The predicted octanol–water partition coefficient (Wildman–Crippen LogP) is 2.35. The summed E-state index contributed by atoms with van der Waals surface area (Å²) >= 11 is 3.12. The Morgan fingerprint density at radius 3 is 2.74 bits per heavy atom. The van der Waals surface area contributed by atoms with Crippen LogP contribution in [-0.4, -0.2) is 30.2 Å². The number of nitrogens with two attached hydrogens (primary N) is 1. The minimum atomic E-state index is -0.0892. The van der Waals surface area contributed by atoms with Crippen LogP contribution in [0.2, 0.25) is 0 Å². The zero-order chi connectivity index (χ0) is 13.7. The summed E-state index contributed by atoms with van der Waals surface area (Å²) in [7, 11) is 3.23. The van der Waals surface area contributed by atoms with Gasteiger partial charge in [0.2, 0.25) is 0 Å². The van der Waals surface area contributed by atoms with Crippen molar-refractivity contribution in [1.82, 2.24) is 10.2 Å². The van der Waals surface area contributed by atoms with Gasteiger partial charge in [0.15, 0.2) is 15.8 Å². The summed E-state index contributed by atoms with van der Waals surface area (Å²) in [6, 6.07) is 5.63. The molecule has 1 aromatic heterocycles. The Morgan fingerprint density at radius 1 is 1.32 bits per heavy atom. The second kappa shape index (κ2) is 6.74. The molecule has 2 rings (SSSR count). The number of thioether (sulfide) groups is 1. The Labute approximate surface area is 120 Å². The maximum absolute atomic E-state index is 6.17. The summed E-state index contributed by atoms with van der Waals surface area (Å²) in [6.45, 7) is 0. The molecule has 7 heteroatoms. The maximum atomic E-state index is 6.17. The molecule has 2 N–H and O–H groups in total. The molecule has 19 heavy (non-hydrogen) atoms. The van der Waals surface area contributed by atoms with E-state index in [4.69, 9.17) is 15.2 Å². The van der Waals surface area contributed by atoms with Crippen LogP contribution >= 0.6 is 23.1 Å². The molecule has 0 amide bonds. The lowest BCUT2D eigenvalue weighted by Crippen LogP contribution is -2.13. The molecule has 0 spiro atoms. The lowest BCUT2D eigenvalue weighted by Gasteiger charge is -2.14. The second-order valence-corrected chi connectivity index (χ2v) is 5.84. The number of ether oxygens (including phenoxy) is 2. The van der Waals surface area contributed by atoms with E-state index >= 15 is 0 Å². The molecule has 0 aliphatic rings. The van der Waals surface area contributed by atoms with E-state index in [0.717, 1.165) is 15.7 Å². The zero-order valence-electron chi connectivity index (χ0n) is 10.7. The van der Waals surface area contributed by atoms with Crippen LogP contribution in [0.25, 0.3) is 0 Å². The summed E-state index contributed by atoms with van der Waals surface area (Å²) < 4.78 is 11.4. The predicted molar refractivity (Wildman–Crippen MR) is 77.1 cm³/mol. The quantitative estimate of drug-likeness (QED) is 0.825. The van der Waals surface area contributed by atoms with Gasteiger partial charge in [0.25, 0.3) is 0 Å². The molecular weight excluding hydrogens is 282 g/mol. The lowest BCUT2D eigenvalue weighted by atomic mass is 10.1. The molecule has 0 bridgehead atoms. The van der Waals surface area contributed by atoms with E-state index in [1.807, 2.05) is 18.2 Å². The Kier molecular flexibility index (Phi) is 5.00. The average molecular weight is 297 g/mol. The van der Waals surface area contributed by atoms with E-state index in [1.54, 1.807) is 31.5 Å². The molecular formula is C12H15N3O2S2. The first-order valence-corrected chi connectivity index (χ1v) is 7.47. The molecule has 2 aromatic rings. The van der Waals surface area contributed by atoms with Crippen molar-refractivity contribution in [1.29, 1.82) is 0 Å². The Bertz CT molecular complexity index is 520. The van der Waals surface area contributed by atoms with Gasteiger partial charge in [0.1, 0.15) is 5.51 Å². The van der Waals surface area contributed by atoms with Crippen molar-refractivity contribution in [3.05, 3.63) is 29.3 Å². The number of nitrogens with zero attached hydrogens (tertiary/aromatic N) is 2. The van der Waals surface area contributed by atoms with Crippen LogP contribution in [0.1, 0.15) is 11.6 Å². The first-order chi connectivity index (χ1) is 9.24. The lowest BCUT2D eigenvalue weighted by molar-refractivity contribution is 0.354. The number of rotatable bonds is 6. The fraction of sp³-hybridized carbons (Fsp3) is 0.333. The highest BCUT2D eigenvalue weighted by Gasteiger charge is 2.11. The summed E-state index contributed by atoms with van der Waals surface area (Å²) in [5.74, 6) is 2.14. The fourth-order valence-corrected chi connectivity index (χ4v) is 3.07. The number of hydrogen-bond acceptors (Lipinski definition) is 7. The number of methoxy groups -OCH3 is 2. The van der Waals surface area contributed by atoms with Crippen LogP contribution in [-0.2, 0) is 0 Å². The van der Waals surface area contributed by atoms with Crippen LogP contribution in [0.4, 0.5) is 0 Å². The van der Waals surface area contributed by atoms with Gasteiger partial charge in [0, 0.05) is 11.8 Å². The van der Waals surface area contributed by atoms with E-state index < -0.39 is 0 Å². The van der Waals surface area contributed by atoms with E-state index in [-0.39, 0.29) is 6.04 Å². The maximum Gasteiger partial charge on any atom is 0.174 e. The van der Waals surface area contributed by atoms with Gasteiger partial charge in [-0.25, -0.2) is 0 Å². The number of benzene rings is 1. The van der Waals surface area contributed by atoms with Crippen molar-refractivity contribution >= 4 is 23.1 Å². The molecule has 0 saturated carbocycles. The largest absolute Gasteiger partial charge is 0.493 e. The molecule has 0 aliphatic heterocycles. The van der Waals surface area contributed by atoms with Crippen LogP contribution in [0, 0.1) is 0 Å². The van der Waals surface area contributed by atoms with Crippen molar-refractivity contribution in [3.63, 3.8) is 0 Å². The van der Waals surface area contributed by atoms with E-state index in [0.29, 0.717) is 11.5 Å². The van der Waals surface area contributed by atoms with Crippen LogP contribution in [0.3, 0.4) is 0 Å². The summed E-state index contributed by atoms with van der Waals surface area (Å²) in [6.07, 6.45) is 0. The molecule has 0 radical (unpaired) electrons. The Hall–Kier alpha value is -1.31. The minimum absolute atomic E-state index is 0.0892. The van der Waals surface area contributed by atoms with Gasteiger partial charge in [-0.3, -0.25) is 0 Å². The first-order valence-electron chi connectivity index (χ1n) is 5.61. The van der Waals surface area contributed by atoms with E-state index in [2.05, 4.69) is 10.2 Å². The zero-order valence-corrected chi connectivity index (χ0v) is 12.3. The molecule has 0 saturated heterocycles. The standard InChI is InChI=1S/C12H15N3O2S2/c1-16-10-4-3-8(5-11(10)17-2)9(13)6-18-12-15-14-7-19-12/h3-5,7,9H,6,13H2,1-2H3. The highest BCUT2D eigenvalue weighted by atomic mass is 32.2. The molecule has 1 heterocycles. The third-order valence-electron chi connectivity index (χ3n) is 2.56. The number of hydrogen-bond donors (Lipinski definition) is 1. The summed E-state index contributed by atoms with van der Waals surface area (Å²) in [5, 5.41) is 7.77. The molecule has 0 fully saturated rings. The van der Waals surface area contributed by atoms with Gasteiger partial charge in [-0.05, 0) is 17.7 Å².